The summed E-state index contributed by atoms with van der Waals surface area (Å²) in [4.78, 5) is 14.1. The summed E-state index contributed by atoms with van der Waals surface area (Å²) in [5.41, 5.74) is 0. The number of carbonyl (C=O) groups excluding carboxylic acids is 1. The third kappa shape index (κ3) is 4.93. The molecule has 0 aromatic rings. The van der Waals surface area contributed by atoms with Crippen molar-refractivity contribution in [3.8, 4) is 0 Å². The highest BCUT2D eigenvalue weighted by atomic mass is 16.5. The van der Waals surface area contributed by atoms with Crippen molar-refractivity contribution in [1.29, 1.82) is 0 Å². The van der Waals surface area contributed by atoms with Gasteiger partial charge in [0.05, 0.1) is 12.5 Å². The first-order valence-electron chi connectivity index (χ1n) is 8.35. The zero-order valence-electron chi connectivity index (χ0n) is 12.9. The van der Waals surface area contributed by atoms with Gasteiger partial charge in [-0.3, -0.25) is 9.69 Å². The van der Waals surface area contributed by atoms with Crippen LogP contribution in [0.5, 0.6) is 0 Å². The average Bonchev–Trinajstić information content (AvgIpc) is 2.49. The van der Waals surface area contributed by atoms with E-state index in [4.69, 9.17) is 4.74 Å². The van der Waals surface area contributed by atoms with Gasteiger partial charge >= 0.3 is 5.97 Å². The Morgan fingerprint density at radius 3 is 2.50 bits per heavy atom. The molecule has 0 aromatic carbocycles. The van der Waals surface area contributed by atoms with Gasteiger partial charge in [0.2, 0.25) is 0 Å². The van der Waals surface area contributed by atoms with Crippen molar-refractivity contribution in [2.24, 2.45) is 11.8 Å². The van der Waals surface area contributed by atoms with Crippen LogP contribution in [0.4, 0.5) is 0 Å². The molecule has 3 heteroatoms. The first-order chi connectivity index (χ1) is 9.79. The second-order valence-corrected chi connectivity index (χ2v) is 6.15. The summed E-state index contributed by atoms with van der Waals surface area (Å²) in [6, 6.07) is 0. The molecule has 2 fully saturated rings. The van der Waals surface area contributed by atoms with E-state index in [2.05, 4.69) is 17.1 Å². The van der Waals surface area contributed by atoms with Crippen LogP contribution in [-0.2, 0) is 9.53 Å². The highest BCUT2D eigenvalue weighted by Gasteiger charge is 2.25. The quantitative estimate of drug-likeness (QED) is 0.570. The number of ether oxygens (including phenoxy) is 1. The molecule has 0 aromatic heterocycles. The summed E-state index contributed by atoms with van der Waals surface area (Å²) in [6.07, 6.45) is 13.7. The number of likely N-dealkylation sites (tertiary alicyclic amines) is 1. The van der Waals surface area contributed by atoms with Gasteiger partial charge in [0.25, 0.3) is 0 Å². The predicted octanol–water partition coefficient (Wildman–Crippen LogP) is 3.40. The van der Waals surface area contributed by atoms with Gasteiger partial charge in [-0.2, -0.15) is 0 Å². The molecule has 2 rings (SSSR count). The van der Waals surface area contributed by atoms with E-state index in [9.17, 15) is 4.79 Å². The zero-order valence-corrected chi connectivity index (χ0v) is 12.9. The number of hydrogen-bond acceptors (Lipinski definition) is 3. The van der Waals surface area contributed by atoms with E-state index >= 15 is 0 Å². The molecular weight excluding hydrogens is 250 g/mol. The molecule has 0 spiro atoms. The predicted molar refractivity (Wildman–Crippen MR) is 81.5 cm³/mol. The molecule has 0 atom stereocenters. The molecule has 1 aliphatic heterocycles. The van der Waals surface area contributed by atoms with E-state index < -0.39 is 0 Å². The summed E-state index contributed by atoms with van der Waals surface area (Å²) < 4.78 is 5.11. The molecule has 2 aliphatic rings. The lowest BCUT2D eigenvalue weighted by atomic mass is 9.89. The lowest BCUT2D eigenvalue weighted by Crippen LogP contribution is -2.37. The molecular formula is C17H29NO2. The summed E-state index contributed by atoms with van der Waals surface area (Å²) in [6.45, 7) is 5.48. The Balaban J connectivity index is 1.64. The van der Waals surface area contributed by atoms with Crippen LogP contribution in [0, 0.1) is 11.8 Å². The number of nitrogens with zero attached hydrogens (tertiary/aromatic N) is 1. The molecule has 3 nitrogen and oxygen atoms in total. The fourth-order valence-corrected chi connectivity index (χ4v) is 3.34. The van der Waals surface area contributed by atoms with Gasteiger partial charge in [0.15, 0.2) is 0 Å². The van der Waals surface area contributed by atoms with Gasteiger partial charge in [0.1, 0.15) is 0 Å². The maximum absolute atomic E-state index is 11.7. The minimum atomic E-state index is 0.00453. The lowest BCUT2D eigenvalue weighted by Gasteiger charge is -2.30. The SMILES string of the molecule is CCOC(=O)C1CCN(C/C=C/C2CCCCC2)CC1. The number of rotatable bonds is 5. The number of esters is 1. The number of allylic oxidation sites excluding steroid dienone is 1. The average molecular weight is 279 g/mol. The second-order valence-electron chi connectivity index (χ2n) is 6.15. The lowest BCUT2D eigenvalue weighted by molar-refractivity contribution is -0.149. The van der Waals surface area contributed by atoms with Crippen molar-refractivity contribution in [2.45, 2.75) is 51.9 Å². The molecule has 0 unspecified atom stereocenters. The third-order valence-corrected chi connectivity index (χ3v) is 4.63. The summed E-state index contributed by atoms with van der Waals surface area (Å²) in [7, 11) is 0. The molecule has 114 valence electrons. The van der Waals surface area contributed by atoms with Crippen molar-refractivity contribution in [3.05, 3.63) is 12.2 Å². The van der Waals surface area contributed by atoms with E-state index in [-0.39, 0.29) is 11.9 Å². The van der Waals surface area contributed by atoms with Crippen LogP contribution >= 0.6 is 0 Å². The zero-order chi connectivity index (χ0) is 14.2. The molecule has 0 amide bonds. The van der Waals surface area contributed by atoms with E-state index in [1.54, 1.807) is 0 Å². The van der Waals surface area contributed by atoms with Gasteiger partial charge < -0.3 is 4.74 Å². The molecule has 1 saturated carbocycles. The Hall–Kier alpha value is -0.830. The van der Waals surface area contributed by atoms with Gasteiger partial charge in [-0.05, 0) is 51.6 Å². The Bertz CT molecular complexity index is 313. The van der Waals surface area contributed by atoms with Crippen molar-refractivity contribution in [1.82, 2.24) is 4.90 Å². The van der Waals surface area contributed by atoms with Crippen molar-refractivity contribution in [2.75, 3.05) is 26.2 Å². The van der Waals surface area contributed by atoms with Gasteiger partial charge in [-0.25, -0.2) is 0 Å². The van der Waals surface area contributed by atoms with E-state index in [1.165, 1.54) is 32.1 Å². The standard InChI is InChI=1S/C17H29NO2/c1-2-20-17(19)16-10-13-18(14-11-16)12-6-9-15-7-4-3-5-8-15/h6,9,15-16H,2-5,7-8,10-14H2,1H3/b9-6+. The highest BCUT2D eigenvalue weighted by Crippen LogP contribution is 2.24. The second kappa shape index (κ2) is 8.46. The van der Waals surface area contributed by atoms with Crippen LogP contribution in [0.2, 0.25) is 0 Å². The molecule has 0 bridgehead atoms. The Kier molecular flexibility index (Phi) is 6.58. The maximum atomic E-state index is 11.7. The number of piperidine rings is 1. The number of carbonyl (C=O) groups is 1. The van der Waals surface area contributed by atoms with Crippen LogP contribution in [0.25, 0.3) is 0 Å². The summed E-state index contributed by atoms with van der Waals surface area (Å²) in [5.74, 6) is 0.958. The smallest absolute Gasteiger partial charge is 0.309 e. The Morgan fingerprint density at radius 2 is 1.85 bits per heavy atom. The fourth-order valence-electron chi connectivity index (χ4n) is 3.34. The van der Waals surface area contributed by atoms with Crippen molar-refractivity contribution < 1.29 is 9.53 Å². The van der Waals surface area contributed by atoms with E-state index in [1.807, 2.05) is 6.92 Å². The van der Waals surface area contributed by atoms with Crippen LogP contribution in [-0.4, -0.2) is 37.1 Å². The largest absolute Gasteiger partial charge is 0.466 e. The van der Waals surface area contributed by atoms with Gasteiger partial charge in [-0.15, -0.1) is 0 Å². The molecule has 0 N–H and O–H groups in total. The topological polar surface area (TPSA) is 29.5 Å². The van der Waals surface area contributed by atoms with Gasteiger partial charge in [-0.1, -0.05) is 31.4 Å². The summed E-state index contributed by atoms with van der Waals surface area (Å²) in [5, 5.41) is 0. The van der Waals surface area contributed by atoms with Crippen LogP contribution in [0.1, 0.15) is 51.9 Å². The van der Waals surface area contributed by atoms with Crippen molar-refractivity contribution in [3.63, 3.8) is 0 Å². The minimum absolute atomic E-state index is 0.00453. The van der Waals surface area contributed by atoms with E-state index in [0.29, 0.717) is 6.61 Å². The fraction of sp³-hybridized carbons (Fsp3) is 0.824. The molecule has 1 saturated heterocycles. The Labute approximate surface area is 123 Å². The maximum Gasteiger partial charge on any atom is 0.309 e. The highest BCUT2D eigenvalue weighted by molar-refractivity contribution is 5.72. The van der Waals surface area contributed by atoms with E-state index in [0.717, 1.165) is 38.4 Å². The molecule has 20 heavy (non-hydrogen) atoms. The summed E-state index contributed by atoms with van der Waals surface area (Å²) >= 11 is 0. The van der Waals surface area contributed by atoms with Crippen LogP contribution in [0.15, 0.2) is 12.2 Å². The monoisotopic (exact) mass is 279 g/mol. The van der Waals surface area contributed by atoms with Crippen LogP contribution in [0.3, 0.4) is 0 Å². The Morgan fingerprint density at radius 1 is 1.15 bits per heavy atom. The molecule has 1 heterocycles. The first-order valence-corrected chi connectivity index (χ1v) is 8.35. The molecule has 0 radical (unpaired) electrons. The van der Waals surface area contributed by atoms with Gasteiger partial charge in [0, 0.05) is 6.54 Å². The third-order valence-electron chi connectivity index (χ3n) is 4.63. The van der Waals surface area contributed by atoms with Crippen molar-refractivity contribution >= 4 is 5.97 Å². The van der Waals surface area contributed by atoms with Crippen LogP contribution < -0.4 is 0 Å². The molecule has 1 aliphatic carbocycles. The number of hydrogen-bond donors (Lipinski definition) is 0. The minimum Gasteiger partial charge on any atom is -0.466 e. The normalized spacial score (nSPS) is 23.2. The first kappa shape index (κ1) is 15.6.